The Kier molecular flexibility index (Phi) is 8.80. The minimum absolute atomic E-state index is 0.0931. The molecule has 0 aliphatic carbocycles. The molecule has 1 heterocycles. The maximum Gasteiger partial charge on any atom is 0.252 e. The van der Waals surface area contributed by atoms with Crippen LogP contribution in [0.1, 0.15) is 60.1 Å². The van der Waals surface area contributed by atoms with Gasteiger partial charge in [0.25, 0.3) is 5.91 Å². The highest BCUT2D eigenvalue weighted by molar-refractivity contribution is 5.96. The molecule has 1 amide bonds. The molecule has 0 radical (unpaired) electrons. The average molecular weight is 400 g/mol. The summed E-state index contributed by atoms with van der Waals surface area (Å²) in [6.07, 6.45) is 5.65. The Labute approximate surface area is 173 Å². The zero-order valence-electron chi connectivity index (χ0n) is 17.6. The van der Waals surface area contributed by atoms with E-state index in [9.17, 15) is 9.90 Å². The van der Waals surface area contributed by atoms with Crippen molar-refractivity contribution in [3.63, 3.8) is 0 Å². The van der Waals surface area contributed by atoms with E-state index in [0.29, 0.717) is 17.0 Å². The van der Waals surface area contributed by atoms with E-state index in [1.807, 2.05) is 19.9 Å². The normalized spacial score (nSPS) is 14.7. The van der Waals surface area contributed by atoms with Gasteiger partial charge in [0.05, 0.1) is 13.2 Å². The molecule has 3 rings (SSSR count). The summed E-state index contributed by atoms with van der Waals surface area (Å²) in [5.74, 6) is 0.423. The lowest BCUT2D eigenvalue weighted by Crippen LogP contribution is -2.27. The second kappa shape index (κ2) is 11.3. The smallest absolute Gasteiger partial charge is 0.252 e. The van der Waals surface area contributed by atoms with E-state index in [1.165, 1.54) is 51.9 Å². The van der Waals surface area contributed by atoms with Crippen LogP contribution in [-0.2, 0) is 0 Å². The number of phenolic OH excluding ortho intramolecular Hbond substituents is 1. The third kappa shape index (κ3) is 7.31. The van der Waals surface area contributed by atoms with E-state index < -0.39 is 0 Å². The average Bonchev–Trinajstić information content (AvgIpc) is 3.02. The van der Waals surface area contributed by atoms with Gasteiger partial charge < -0.3 is 26.2 Å². The molecule has 0 spiro atoms. The minimum Gasteiger partial charge on any atom is -0.508 e. The van der Waals surface area contributed by atoms with Crippen molar-refractivity contribution < 1.29 is 14.6 Å². The van der Waals surface area contributed by atoms with Gasteiger partial charge >= 0.3 is 0 Å². The number of anilines is 1. The fourth-order valence-electron chi connectivity index (χ4n) is 3.19. The second-order valence-corrected chi connectivity index (χ2v) is 7.40. The van der Waals surface area contributed by atoms with Gasteiger partial charge in [0.1, 0.15) is 11.5 Å². The number of nitrogens with one attached hydrogen (secondary N) is 2. The third-order valence-electron chi connectivity index (χ3n) is 4.96. The third-order valence-corrected chi connectivity index (χ3v) is 4.96. The highest BCUT2D eigenvalue weighted by atomic mass is 16.5. The Morgan fingerprint density at radius 3 is 2.48 bits per heavy atom. The van der Waals surface area contributed by atoms with Gasteiger partial charge in [-0.25, -0.2) is 0 Å². The molecule has 5 N–H and O–H groups in total. The number of ether oxygens (including phenoxy) is 1. The second-order valence-electron chi connectivity index (χ2n) is 7.40. The van der Waals surface area contributed by atoms with E-state index in [-0.39, 0.29) is 17.7 Å². The van der Waals surface area contributed by atoms with Gasteiger partial charge in [-0.1, -0.05) is 18.9 Å². The van der Waals surface area contributed by atoms with Crippen molar-refractivity contribution in [2.45, 2.75) is 45.6 Å². The predicted octanol–water partition coefficient (Wildman–Crippen LogP) is 3.93. The van der Waals surface area contributed by atoms with E-state index in [4.69, 9.17) is 10.5 Å². The van der Waals surface area contributed by atoms with Gasteiger partial charge in [0.15, 0.2) is 0 Å². The molecule has 29 heavy (non-hydrogen) atoms. The number of nitrogen functional groups attached to an aromatic ring is 1. The molecule has 1 unspecified atom stereocenters. The van der Waals surface area contributed by atoms with Gasteiger partial charge in [-0.05, 0) is 75.2 Å². The monoisotopic (exact) mass is 399 g/mol. The van der Waals surface area contributed by atoms with E-state index in [0.717, 1.165) is 11.1 Å². The Balaban J connectivity index is 0.000000360. The number of aryl methyl sites for hydroxylation is 1. The Morgan fingerprint density at radius 2 is 1.83 bits per heavy atom. The summed E-state index contributed by atoms with van der Waals surface area (Å²) in [5.41, 5.74) is 8.43. The van der Waals surface area contributed by atoms with Crippen molar-refractivity contribution in [3.05, 3.63) is 53.1 Å². The van der Waals surface area contributed by atoms with Gasteiger partial charge in [0, 0.05) is 17.3 Å². The number of carbonyl (C=O) groups excluding carboxylic acids is 1. The number of hydrogen-bond donors (Lipinski definition) is 4. The predicted molar refractivity (Wildman–Crippen MR) is 117 cm³/mol. The molecular formula is C23H33N3O3. The van der Waals surface area contributed by atoms with Crippen LogP contribution in [0.2, 0.25) is 0 Å². The van der Waals surface area contributed by atoms with Crippen LogP contribution in [0.3, 0.4) is 0 Å². The van der Waals surface area contributed by atoms with Crippen molar-refractivity contribution in [1.82, 2.24) is 10.6 Å². The van der Waals surface area contributed by atoms with E-state index in [1.54, 1.807) is 24.3 Å². The number of carbonyl (C=O) groups is 1. The first-order chi connectivity index (χ1) is 13.9. The van der Waals surface area contributed by atoms with Crippen molar-refractivity contribution in [3.8, 4) is 11.5 Å². The van der Waals surface area contributed by atoms with Crippen LogP contribution in [0.5, 0.6) is 11.5 Å². The van der Waals surface area contributed by atoms with Crippen LogP contribution >= 0.6 is 0 Å². The molecule has 1 fully saturated rings. The molecule has 0 bridgehead atoms. The number of methoxy groups -OCH3 is 1. The Bertz CT molecular complexity index is 788. The fourth-order valence-corrected chi connectivity index (χ4v) is 3.19. The first-order valence-electron chi connectivity index (χ1n) is 10.2. The molecule has 0 aromatic heterocycles. The lowest BCUT2D eigenvalue weighted by atomic mass is 10.0. The summed E-state index contributed by atoms with van der Waals surface area (Å²) >= 11 is 0. The zero-order chi connectivity index (χ0) is 21.2. The van der Waals surface area contributed by atoms with Crippen LogP contribution in [0.25, 0.3) is 0 Å². The van der Waals surface area contributed by atoms with Crippen LogP contribution in [0.4, 0.5) is 5.69 Å². The first-order valence-corrected chi connectivity index (χ1v) is 10.2. The molecule has 2 aromatic rings. The van der Waals surface area contributed by atoms with Crippen LogP contribution in [-0.4, -0.2) is 31.2 Å². The summed E-state index contributed by atoms with van der Waals surface area (Å²) in [4.78, 5) is 12.4. The Morgan fingerprint density at radius 1 is 1.14 bits per heavy atom. The van der Waals surface area contributed by atoms with Gasteiger partial charge in [-0.2, -0.15) is 0 Å². The fraction of sp³-hybridized carbons (Fsp3) is 0.435. The Hall–Kier alpha value is -2.73. The molecule has 6 nitrogen and oxygen atoms in total. The molecule has 0 saturated carbocycles. The summed E-state index contributed by atoms with van der Waals surface area (Å²) in [6.45, 7) is 6.20. The quantitative estimate of drug-likeness (QED) is 0.584. The van der Waals surface area contributed by atoms with Crippen LogP contribution in [0.15, 0.2) is 36.4 Å². The first kappa shape index (κ1) is 22.6. The zero-order valence-corrected chi connectivity index (χ0v) is 17.6. The standard InChI is InChI=1S/C17H20N2O3.C6H13N/c1-10-4-5-13(18)8-16(10)17(21)19-11(2)12-6-14(20)9-15(7-12)22-3;1-2-4-6-7-5-3-1/h4-9,11,20H,18H2,1-3H3,(H,19,21);7H,1-6H2. The number of aromatic hydroxyl groups is 1. The van der Waals surface area contributed by atoms with Crippen molar-refractivity contribution in [1.29, 1.82) is 0 Å². The van der Waals surface area contributed by atoms with Crippen molar-refractivity contribution in [2.24, 2.45) is 0 Å². The SMILES string of the molecule is C1CCCNCC1.COc1cc(O)cc(C(C)NC(=O)c2cc(N)ccc2C)c1. The number of phenols is 1. The highest BCUT2D eigenvalue weighted by Crippen LogP contribution is 2.26. The maximum absolute atomic E-state index is 12.4. The van der Waals surface area contributed by atoms with E-state index in [2.05, 4.69) is 10.6 Å². The number of nitrogens with two attached hydrogens (primary N) is 1. The lowest BCUT2D eigenvalue weighted by Gasteiger charge is -2.17. The van der Waals surface area contributed by atoms with Gasteiger partial charge in [-0.3, -0.25) is 4.79 Å². The summed E-state index contributed by atoms with van der Waals surface area (Å²) < 4.78 is 5.12. The summed E-state index contributed by atoms with van der Waals surface area (Å²) in [6, 6.07) is 9.83. The molecule has 158 valence electrons. The van der Waals surface area contributed by atoms with Crippen molar-refractivity contribution in [2.75, 3.05) is 25.9 Å². The minimum atomic E-state index is -0.283. The molecule has 1 atom stereocenters. The summed E-state index contributed by atoms with van der Waals surface area (Å²) in [7, 11) is 1.53. The molecule has 2 aromatic carbocycles. The van der Waals surface area contributed by atoms with Crippen molar-refractivity contribution >= 4 is 11.6 Å². The molecular weight excluding hydrogens is 366 g/mol. The van der Waals surface area contributed by atoms with Gasteiger partial charge in [0.2, 0.25) is 0 Å². The molecule has 6 heteroatoms. The van der Waals surface area contributed by atoms with Crippen LogP contribution < -0.4 is 21.1 Å². The van der Waals surface area contributed by atoms with Crippen LogP contribution in [0, 0.1) is 6.92 Å². The molecule has 1 aliphatic heterocycles. The largest absolute Gasteiger partial charge is 0.508 e. The topological polar surface area (TPSA) is 96.6 Å². The lowest BCUT2D eigenvalue weighted by molar-refractivity contribution is 0.0939. The number of benzene rings is 2. The number of amides is 1. The summed E-state index contributed by atoms with van der Waals surface area (Å²) in [5, 5.41) is 15.9. The molecule has 1 aliphatic rings. The molecule has 1 saturated heterocycles. The number of hydrogen-bond acceptors (Lipinski definition) is 5. The maximum atomic E-state index is 12.4. The van der Waals surface area contributed by atoms with E-state index >= 15 is 0 Å². The number of rotatable bonds is 4. The highest BCUT2D eigenvalue weighted by Gasteiger charge is 2.15. The van der Waals surface area contributed by atoms with Gasteiger partial charge in [-0.15, -0.1) is 0 Å².